The van der Waals surface area contributed by atoms with Crippen LogP contribution in [0.15, 0.2) is 34.1 Å². The summed E-state index contributed by atoms with van der Waals surface area (Å²) in [4.78, 5) is 0.153. The summed E-state index contributed by atoms with van der Waals surface area (Å²) >= 11 is 0. The average molecular weight is 359 g/mol. The first kappa shape index (κ1) is 16.8. The standard InChI is InChI=1S/C14H21N3O4S2/c1-16-22(18,19)11-3-5-12(6-4-11)23(20,21)17-8-10-2-7-14(15)13(10)9-17/h3-6,10,13-14,16H,2,7-9,15H2,1H3. The van der Waals surface area contributed by atoms with Crippen LogP contribution in [0.25, 0.3) is 0 Å². The van der Waals surface area contributed by atoms with Crippen LogP contribution in [-0.2, 0) is 20.0 Å². The van der Waals surface area contributed by atoms with Crippen molar-refractivity contribution in [3.8, 4) is 0 Å². The van der Waals surface area contributed by atoms with Crippen LogP contribution in [0.2, 0.25) is 0 Å². The molecule has 9 heteroatoms. The zero-order valence-electron chi connectivity index (χ0n) is 12.8. The number of nitrogens with two attached hydrogens (primary N) is 1. The minimum atomic E-state index is -3.61. The Hall–Kier alpha value is -1.00. The van der Waals surface area contributed by atoms with E-state index >= 15 is 0 Å². The van der Waals surface area contributed by atoms with E-state index in [0.29, 0.717) is 19.0 Å². The molecule has 1 aliphatic carbocycles. The summed E-state index contributed by atoms with van der Waals surface area (Å²) < 4.78 is 52.5. The fourth-order valence-electron chi connectivity index (χ4n) is 3.52. The number of sulfonamides is 2. The molecule has 128 valence electrons. The maximum absolute atomic E-state index is 12.7. The van der Waals surface area contributed by atoms with Crippen molar-refractivity contribution >= 4 is 20.0 Å². The molecule has 7 nitrogen and oxygen atoms in total. The molecule has 1 heterocycles. The van der Waals surface area contributed by atoms with E-state index in [2.05, 4.69) is 4.72 Å². The highest BCUT2D eigenvalue weighted by Gasteiger charge is 2.45. The second kappa shape index (κ2) is 5.82. The number of benzene rings is 1. The molecule has 0 aromatic heterocycles. The Balaban J connectivity index is 1.84. The van der Waals surface area contributed by atoms with Gasteiger partial charge in [-0.3, -0.25) is 0 Å². The molecule has 3 atom stereocenters. The summed E-state index contributed by atoms with van der Waals surface area (Å²) in [7, 11) is -5.87. The molecule has 1 saturated carbocycles. The Kier molecular flexibility index (Phi) is 4.26. The van der Waals surface area contributed by atoms with E-state index in [1.54, 1.807) is 0 Å². The first-order valence-electron chi connectivity index (χ1n) is 7.55. The second-order valence-electron chi connectivity index (χ2n) is 6.17. The van der Waals surface area contributed by atoms with E-state index in [4.69, 9.17) is 5.73 Å². The van der Waals surface area contributed by atoms with Gasteiger partial charge in [-0.1, -0.05) is 0 Å². The maximum atomic E-state index is 12.7. The quantitative estimate of drug-likeness (QED) is 0.783. The van der Waals surface area contributed by atoms with Crippen molar-refractivity contribution in [2.45, 2.75) is 28.7 Å². The van der Waals surface area contributed by atoms with Gasteiger partial charge in [0, 0.05) is 19.1 Å². The highest BCUT2D eigenvalue weighted by Crippen LogP contribution is 2.39. The minimum Gasteiger partial charge on any atom is -0.327 e. The van der Waals surface area contributed by atoms with Gasteiger partial charge in [0.1, 0.15) is 0 Å². The van der Waals surface area contributed by atoms with Crippen molar-refractivity contribution in [2.75, 3.05) is 20.1 Å². The highest BCUT2D eigenvalue weighted by molar-refractivity contribution is 7.89. The van der Waals surface area contributed by atoms with Crippen molar-refractivity contribution in [3.63, 3.8) is 0 Å². The molecule has 1 aliphatic heterocycles. The SMILES string of the molecule is CNS(=O)(=O)c1ccc(S(=O)(=O)N2CC3CCC(N)C3C2)cc1. The van der Waals surface area contributed by atoms with Gasteiger partial charge in [0.15, 0.2) is 0 Å². The molecule has 0 amide bonds. The lowest BCUT2D eigenvalue weighted by molar-refractivity contribution is 0.427. The van der Waals surface area contributed by atoms with Crippen LogP contribution in [0.5, 0.6) is 0 Å². The topological polar surface area (TPSA) is 110 Å². The fraction of sp³-hybridized carbons (Fsp3) is 0.571. The summed E-state index contributed by atoms with van der Waals surface area (Å²) in [5.74, 6) is 0.567. The summed E-state index contributed by atoms with van der Waals surface area (Å²) in [6, 6.07) is 5.37. The average Bonchev–Trinajstić information content (AvgIpc) is 3.10. The van der Waals surface area contributed by atoms with E-state index in [-0.39, 0.29) is 21.8 Å². The second-order valence-corrected chi connectivity index (χ2v) is 9.99. The maximum Gasteiger partial charge on any atom is 0.243 e. The molecule has 3 N–H and O–H groups in total. The van der Waals surface area contributed by atoms with E-state index in [1.807, 2.05) is 0 Å². The summed E-state index contributed by atoms with van der Waals surface area (Å²) in [6.45, 7) is 0.946. The van der Waals surface area contributed by atoms with E-state index in [0.717, 1.165) is 12.8 Å². The van der Waals surface area contributed by atoms with Crippen molar-refractivity contribution in [3.05, 3.63) is 24.3 Å². The van der Waals surface area contributed by atoms with Gasteiger partial charge < -0.3 is 5.73 Å². The Morgan fingerprint density at radius 3 is 2.22 bits per heavy atom. The third-order valence-corrected chi connectivity index (χ3v) is 8.20. The zero-order chi connectivity index (χ0) is 16.8. The number of nitrogens with one attached hydrogen (secondary N) is 1. The normalized spacial score (nSPS) is 28.9. The number of hydrogen-bond acceptors (Lipinski definition) is 5. The summed E-state index contributed by atoms with van der Waals surface area (Å²) in [5, 5.41) is 0. The van der Waals surface area contributed by atoms with Crippen LogP contribution in [0.3, 0.4) is 0 Å². The Morgan fingerprint density at radius 1 is 1.04 bits per heavy atom. The largest absolute Gasteiger partial charge is 0.327 e. The molecular weight excluding hydrogens is 338 g/mol. The molecule has 0 spiro atoms. The van der Waals surface area contributed by atoms with Gasteiger partial charge in [-0.25, -0.2) is 21.6 Å². The third-order valence-electron chi connectivity index (χ3n) is 4.92. The lowest BCUT2D eigenvalue weighted by Crippen LogP contribution is -2.33. The summed E-state index contributed by atoms with van der Waals surface area (Å²) in [5.41, 5.74) is 6.05. The van der Waals surface area contributed by atoms with Gasteiger partial charge in [0.2, 0.25) is 20.0 Å². The number of rotatable bonds is 4. The number of hydrogen-bond donors (Lipinski definition) is 2. The van der Waals surface area contributed by atoms with Crippen LogP contribution in [0.4, 0.5) is 0 Å². The van der Waals surface area contributed by atoms with Crippen LogP contribution < -0.4 is 10.5 Å². The molecule has 2 aliphatic rings. The molecule has 3 rings (SSSR count). The highest BCUT2D eigenvalue weighted by atomic mass is 32.2. The number of fused-ring (bicyclic) bond motifs is 1. The van der Waals surface area contributed by atoms with E-state index < -0.39 is 20.0 Å². The van der Waals surface area contributed by atoms with E-state index in [9.17, 15) is 16.8 Å². The van der Waals surface area contributed by atoms with E-state index in [1.165, 1.54) is 35.6 Å². The molecule has 3 unspecified atom stereocenters. The zero-order valence-corrected chi connectivity index (χ0v) is 14.5. The molecule has 1 aromatic carbocycles. The molecule has 23 heavy (non-hydrogen) atoms. The van der Waals surface area contributed by atoms with Gasteiger partial charge in [0.05, 0.1) is 9.79 Å². The van der Waals surface area contributed by atoms with Gasteiger partial charge in [-0.05, 0) is 56.0 Å². The predicted octanol–water partition coefficient (Wildman–Crippen LogP) is -0.0475. The molecule has 0 radical (unpaired) electrons. The summed E-state index contributed by atoms with van der Waals surface area (Å²) in [6.07, 6.45) is 1.93. The first-order chi connectivity index (χ1) is 10.8. The lowest BCUT2D eigenvalue weighted by Gasteiger charge is -2.18. The smallest absolute Gasteiger partial charge is 0.243 e. The van der Waals surface area contributed by atoms with Crippen molar-refractivity contribution < 1.29 is 16.8 Å². The van der Waals surface area contributed by atoms with Gasteiger partial charge in [-0.2, -0.15) is 4.31 Å². The number of nitrogens with zero attached hydrogens (tertiary/aromatic N) is 1. The first-order valence-corrected chi connectivity index (χ1v) is 10.5. The molecular formula is C14H21N3O4S2. The van der Waals surface area contributed by atoms with Gasteiger partial charge in [0.25, 0.3) is 0 Å². The van der Waals surface area contributed by atoms with Gasteiger partial charge >= 0.3 is 0 Å². The molecule has 0 bridgehead atoms. The predicted molar refractivity (Wildman–Crippen MR) is 85.6 cm³/mol. The van der Waals surface area contributed by atoms with Crippen LogP contribution in [0, 0.1) is 11.8 Å². The van der Waals surface area contributed by atoms with Crippen molar-refractivity contribution in [2.24, 2.45) is 17.6 Å². The van der Waals surface area contributed by atoms with Crippen LogP contribution >= 0.6 is 0 Å². The van der Waals surface area contributed by atoms with Crippen LogP contribution in [-0.4, -0.2) is 47.3 Å². The molecule has 2 fully saturated rings. The minimum absolute atomic E-state index is 0.0410. The Morgan fingerprint density at radius 2 is 1.65 bits per heavy atom. The molecule has 1 aromatic rings. The Labute approximate surface area is 137 Å². The Bertz CT molecular complexity index is 790. The van der Waals surface area contributed by atoms with Crippen LogP contribution in [0.1, 0.15) is 12.8 Å². The monoisotopic (exact) mass is 359 g/mol. The van der Waals surface area contributed by atoms with Crippen molar-refractivity contribution in [1.82, 2.24) is 9.03 Å². The fourth-order valence-corrected chi connectivity index (χ4v) is 5.78. The third kappa shape index (κ3) is 2.91. The molecule has 1 saturated heterocycles. The van der Waals surface area contributed by atoms with Gasteiger partial charge in [-0.15, -0.1) is 0 Å². The van der Waals surface area contributed by atoms with Crippen molar-refractivity contribution in [1.29, 1.82) is 0 Å². The lowest BCUT2D eigenvalue weighted by atomic mass is 9.98.